The van der Waals surface area contributed by atoms with Gasteiger partial charge in [0.05, 0.1) is 6.04 Å². The molecule has 0 heterocycles. The zero-order chi connectivity index (χ0) is 15.7. The molecule has 21 heavy (non-hydrogen) atoms. The maximum atomic E-state index is 11.8. The molecule has 0 spiro atoms. The van der Waals surface area contributed by atoms with Crippen molar-refractivity contribution in [3.63, 3.8) is 0 Å². The van der Waals surface area contributed by atoms with Gasteiger partial charge in [-0.05, 0) is 24.8 Å². The van der Waals surface area contributed by atoms with Gasteiger partial charge in [-0.2, -0.15) is 0 Å². The molecule has 6 nitrogen and oxygen atoms in total. The van der Waals surface area contributed by atoms with Crippen molar-refractivity contribution in [2.24, 2.45) is 5.73 Å². The highest BCUT2D eigenvalue weighted by Crippen LogP contribution is 2.06. The smallest absolute Gasteiger partial charge is 0.326 e. The van der Waals surface area contributed by atoms with Crippen molar-refractivity contribution in [3.8, 4) is 0 Å². The number of carbonyl (C=O) groups excluding carboxylic acids is 1. The maximum absolute atomic E-state index is 11.8. The number of aryl methyl sites for hydroxylation is 1. The number of carboxylic acid groups (broad SMARTS) is 1. The molecule has 0 radical (unpaired) electrons. The zero-order valence-corrected chi connectivity index (χ0v) is 12.1. The van der Waals surface area contributed by atoms with Crippen LogP contribution in [-0.2, 0) is 20.7 Å². The van der Waals surface area contributed by atoms with Gasteiger partial charge in [0, 0.05) is 13.7 Å². The highest BCUT2D eigenvalue weighted by atomic mass is 16.5. The number of benzene rings is 1. The van der Waals surface area contributed by atoms with Crippen molar-refractivity contribution in [2.75, 3.05) is 13.7 Å². The summed E-state index contributed by atoms with van der Waals surface area (Å²) in [5.41, 5.74) is 6.70. The van der Waals surface area contributed by atoms with Crippen LogP contribution < -0.4 is 11.1 Å². The number of amides is 1. The van der Waals surface area contributed by atoms with Gasteiger partial charge in [0.15, 0.2) is 0 Å². The quantitative estimate of drug-likeness (QED) is 0.617. The SMILES string of the molecule is COCCC(N)C(=O)N[C@@H](CCc1ccccc1)C(=O)O. The second-order valence-electron chi connectivity index (χ2n) is 4.81. The molecule has 0 saturated heterocycles. The van der Waals surface area contributed by atoms with Crippen LogP contribution >= 0.6 is 0 Å². The van der Waals surface area contributed by atoms with Gasteiger partial charge in [-0.3, -0.25) is 4.79 Å². The van der Waals surface area contributed by atoms with Crippen LogP contribution in [0.15, 0.2) is 30.3 Å². The normalized spacial score (nSPS) is 13.4. The zero-order valence-electron chi connectivity index (χ0n) is 12.1. The van der Waals surface area contributed by atoms with Crippen LogP contribution in [0.5, 0.6) is 0 Å². The Bertz CT molecular complexity index is 450. The number of rotatable bonds is 9. The predicted octanol–water partition coefficient (Wildman–Crippen LogP) is 0.552. The van der Waals surface area contributed by atoms with E-state index in [2.05, 4.69) is 5.32 Å². The first kappa shape index (κ1) is 17.1. The number of methoxy groups -OCH3 is 1. The van der Waals surface area contributed by atoms with Crippen LogP contribution in [0, 0.1) is 0 Å². The molecule has 1 rings (SSSR count). The van der Waals surface area contributed by atoms with Gasteiger partial charge < -0.3 is 20.9 Å². The average Bonchev–Trinajstić information content (AvgIpc) is 2.49. The van der Waals surface area contributed by atoms with Crippen molar-refractivity contribution >= 4 is 11.9 Å². The average molecular weight is 294 g/mol. The van der Waals surface area contributed by atoms with Crippen LogP contribution in [-0.4, -0.2) is 42.8 Å². The minimum Gasteiger partial charge on any atom is -0.480 e. The lowest BCUT2D eigenvalue weighted by atomic mass is 10.0. The largest absolute Gasteiger partial charge is 0.480 e. The van der Waals surface area contributed by atoms with Gasteiger partial charge in [-0.15, -0.1) is 0 Å². The summed E-state index contributed by atoms with van der Waals surface area (Å²) in [6, 6.07) is 7.83. The third kappa shape index (κ3) is 6.37. The maximum Gasteiger partial charge on any atom is 0.326 e. The molecule has 0 aliphatic heterocycles. The predicted molar refractivity (Wildman–Crippen MR) is 78.8 cm³/mol. The molecule has 116 valence electrons. The first-order chi connectivity index (χ1) is 10.0. The number of nitrogens with one attached hydrogen (secondary N) is 1. The van der Waals surface area contributed by atoms with E-state index in [4.69, 9.17) is 10.5 Å². The number of carbonyl (C=O) groups is 2. The Balaban J connectivity index is 2.50. The standard InChI is InChI=1S/C15H22N2O4/c1-21-10-9-12(16)14(18)17-13(15(19)20)8-7-11-5-3-2-4-6-11/h2-6,12-13H,7-10,16H2,1H3,(H,17,18)(H,19,20)/t12?,13-/m0/s1. The van der Waals surface area contributed by atoms with Crippen molar-refractivity contribution in [1.29, 1.82) is 0 Å². The summed E-state index contributed by atoms with van der Waals surface area (Å²) in [4.78, 5) is 23.0. The van der Waals surface area contributed by atoms with Gasteiger partial charge in [-0.25, -0.2) is 4.79 Å². The number of ether oxygens (including phenoxy) is 1. The van der Waals surface area contributed by atoms with Crippen molar-refractivity contribution in [2.45, 2.75) is 31.3 Å². The summed E-state index contributed by atoms with van der Waals surface area (Å²) in [5.74, 6) is -1.52. The summed E-state index contributed by atoms with van der Waals surface area (Å²) >= 11 is 0. The molecule has 6 heteroatoms. The van der Waals surface area contributed by atoms with Crippen LogP contribution in [0.4, 0.5) is 0 Å². The summed E-state index contributed by atoms with van der Waals surface area (Å²) < 4.78 is 4.84. The second kappa shape index (κ2) is 9.10. The van der Waals surface area contributed by atoms with Crippen LogP contribution in [0.3, 0.4) is 0 Å². The number of nitrogens with two attached hydrogens (primary N) is 1. The Morgan fingerprint density at radius 3 is 2.52 bits per heavy atom. The van der Waals surface area contributed by atoms with E-state index in [1.54, 1.807) is 0 Å². The molecule has 0 bridgehead atoms. The van der Waals surface area contributed by atoms with E-state index in [9.17, 15) is 14.7 Å². The van der Waals surface area contributed by atoms with E-state index in [1.807, 2.05) is 30.3 Å². The van der Waals surface area contributed by atoms with Gasteiger partial charge in [0.25, 0.3) is 0 Å². The van der Waals surface area contributed by atoms with Gasteiger partial charge in [0.1, 0.15) is 6.04 Å². The van der Waals surface area contributed by atoms with E-state index in [1.165, 1.54) is 7.11 Å². The fourth-order valence-electron chi connectivity index (χ4n) is 1.87. The van der Waals surface area contributed by atoms with Crippen molar-refractivity contribution in [1.82, 2.24) is 5.32 Å². The Morgan fingerprint density at radius 2 is 1.95 bits per heavy atom. The Labute approximate surface area is 124 Å². The van der Waals surface area contributed by atoms with E-state index < -0.39 is 24.0 Å². The molecule has 2 atom stereocenters. The number of hydrogen-bond acceptors (Lipinski definition) is 4. The fourth-order valence-corrected chi connectivity index (χ4v) is 1.87. The lowest BCUT2D eigenvalue weighted by Gasteiger charge is -2.17. The molecular weight excluding hydrogens is 272 g/mol. The minimum atomic E-state index is -1.06. The molecule has 1 unspecified atom stereocenters. The van der Waals surface area contributed by atoms with Gasteiger partial charge in [-0.1, -0.05) is 30.3 Å². The second-order valence-corrected chi connectivity index (χ2v) is 4.81. The Morgan fingerprint density at radius 1 is 1.29 bits per heavy atom. The van der Waals surface area contributed by atoms with E-state index in [0.717, 1.165) is 5.56 Å². The summed E-state index contributed by atoms with van der Waals surface area (Å²) in [6.45, 7) is 0.357. The third-order valence-electron chi connectivity index (χ3n) is 3.15. The topological polar surface area (TPSA) is 102 Å². The van der Waals surface area contributed by atoms with Crippen molar-refractivity contribution in [3.05, 3.63) is 35.9 Å². The lowest BCUT2D eigenvalue weighted by molar-refractivity contribution is -0.142. The first-order valence-electron chi connectivity index (χ1n) is 6.86. The molecule has 1 amide bonds. The number of carboxylic acids is 1. The Kier molecular flexibility index (Phi) is 7.42. The summed E-state index contributed by atoms with van der Waals surface area (Å²) in [7, 11) is 1.52. The van der Waals surface area contributed by atoms with E-state index >= 15 is 0 Å². The molecule has 0 aliphatic carbocycles. The highest BCUT2D eigenvalue weighted by Gasteiger charge is 2.22. The first-order valence-corrected chi connectivity index (χ1v) is 6.86. The molecule has 0 aromatic heterocycles. The molecular formula is C15H22N2O4. The summed E-state index contributed by atoms with van der Waals surface area (Å²) in [6.07, 6.45) is 1.25. The van der Waals surface area contributed by atoms with Crippen LogP contribution in [0.2, 0.25) is 0 Å². The third-order valence-corrected chi connectivity index (χ3v) is 3.15. The van der Waals surface area contributed by atoms with E-state index in [-0.39, 0.29) is 0 Å². The Hall–Kier alpha value is -1.92. The molecule has 0 saturated carbocycles. The van der Waals surface area contributed by atoms with Gasteiger partial charge >= 0.3 is 5.97 Å². The molecule has 0 fully saturated rings. The van der Waals surface area contributed by atoms with Crippen molar-refractivity contribution < 1.29 is 19.4 Å². The van der Waals surface area contributed by atoms with E-state index in [0.29, 0.717) is 25.9 Å². The highest BCUT2D eigenvalue weighted by molar-refractivity contribution is 5.86. The van der Waals surface area contributed by atoms with Crippen LogP contribution in [0.1, 0.15) is 18.4 Å². The van der Waals surface area contributed by atoms with Gasteiger partial charge in [0.2, 0.25) is 5.91 Å². The minimum absolute atomic E-state index is 0.322. The summed E-state index contributed by atoms with van der Waals surface area (Å²) in [5, 5.41) is 11.7. The lowest BCUT2D eigenvalue weighted by Crippen LogP contribution is -2.48. The number of aliphatic carboxylic acids is 1. The molecule has 1 aromatic rings. The molecule has 4 N–H and O–H groups in total. The van der Waals surface area contributed by atoms with Crippen LogP contribution in [0.25, 0.3) is 0 Å². The monoisotopic (exact) mass is 294 g/mol. The molecule has 1 aromatic carbocycles. The molecule has 0 aliphatic rings. The number of hydrogen-bond donors (Lipinski definition) is 3. The fraction of sp³-hybridized carbons (Fsp3) is 0.467.